The second-order valence-electron chi connectivity index (χ2n) is 5.95. The van der Waals surface area contributed by atoms with Crippen LogP contribution in [0, 0.1) is 6.92 Å². The maximum atomic E-state index is 12.6. The Hall–Kier alpha value is -3.40. The fourth-order valence-corrected chi connectivity index (χ4v) is 2.43. The van der Waals surface area contributed by atoms with E-state index in [4.69, 9.17) is 4.42 Å². The first kappa shape index (κ1) is 22.9. The number of benzene rings is 1. The highest BCUT2D eigenvalue weighted by atomic mass is 19.4. The SMILES string of the molecule is CC.Cc1cc(Nc2ncc(-c3ccc(C(F)(F)F)cc3)o2)cnc1C(=O)N(C)O. The Morgan fingerprint density at radius 2 is 1.77 bits per heavy atom. The van der Waals surface area contributed by atoms with Crippen LogP contribution < -0.4 is 5.32 Å². The highest BCUT2D eigenvalue weighted by molar-refractivity contribution is 5.93. The van der Waals surface area contributed by atoms with Gasteiger partial charge in [-0.05, 0) is 30.7 Å². The fraction of sp³-hybridized carbons (Fsp3) is 0.250. The predicted molar refractivity (Wildman–Crippen MR) is 104 cm³/mol. The maximum absolute atomic E-state index is 12.6. The van der Waals surface area contributed by atoms with Gasteiger partial charge in [-0.2, -0.15) is 13.2 Å². The smallest absolute Gasteiger partial charge is 0.416 e. The minimum atomic E-state index is -4.41. The second kappa shape index (κ2) is 9.40. The summed E-state index contributed by atoms with van der Waals surface area (Å²) in [6.07, 6.45) is -1.66. The van der Waals surface area contributed by atoms with Crippen LogP contribution in [0.25, 0.3) is 11.3 Å². The lowest BCUT2D eigenvalue weighted by Crippen LogP contribution is -2.24. The molecule has 10 heteroatoms. The van der Waals surface area contributed by atoms with Crippen LogP contribution in [0.1, 0.15) is 35.5 Å². The lowest BCUT2D eigenvalue weighted by atomic mass is 10.1. The summed E-state index contributed by atoms with van der Waals surface area (Å²) in [4.78, 5) is 19.8. The first-order valence-corrected chi connectivity index (χ1v) is 8.99. The van der Waals surface area contributed by atoms with E-state index in [-0.39, 0.29) is 17.5 Å². The molecule has 7 nitrogen and oxygen atoms in total. The number of alkyl halides is 3. The van der Waals surface area contributed by atoms with Crippen LogP contribution >= 0.6 is 0 Å². The van der Waals surface area contributed by atoms with Gasteiger partial charge in [0.15, 0.2) is 5.76 Å². The highest BCUT2D eigenvalue weighted by Crippen LogP contribution is 2.31. The number of oxazole rings is 1. The average molecular weight is 422 g/mol. The van der Waals surface area contributed by atoms with E-state index in [0.717, 1.165) is 12.1 Å². The number of hydrogen-bond donors (Lipinski definition) is 2. The molecule has 0 atom stereocenters. The monoisotopic (exact) mass is 422 g/mol. The van der Waals surface area contributed by atoms with Crippen molar-refractivity contribution in [1.29, 1.82) is 0 Å². The molecule has 30 heavy (non-hydrogen) atoms. The maximum Gasteiger partial charge on any atom is 0.416 e. The molecule has 0 bridgehead atoms. The molecule has 0 radical (unpaired) electrons. The number of amides is 1. The van der Waals surface area contributed by atoms with E-state index in [9.17, 15) is 23.2 Å². The molecule has 0 spiro atoms. The van der Waals surface area contributed by atoms with E-state index in [2.05, 4.69) is 15.3 Å². The Morgan fingerprint density at radius 1 is 1.13 bits per heavy atom. The first-order valence-electron chi connectivity index (χ1n) is 8.99. The van der Waals surface area contributed by atoms with Crippen LogP contribution in [0.2, 0.25) is 0 Å². The van der Waals surface area contributed by atoms with Gasteiger partial charge >= 0.3 is 6.18 Å². The van der Waals surface area contributed by atoms with Crippen molar-refractivity contribution in [3.05, 3.63) is 59.5 Å². The van der Waals surface area contributed by atoms with Crippen LogP contribution in [0.5, 0.6) is 0 Å². The Morgan fingerprint density at radius 3 is 2.30 bits per heavy atom. The van der Waals surface area contributed by atoms with Gasteiger partial charge in [-0.1, -0.05) is 26.0 Å². The largest absolute Gasteiger partial charge is 0.423 e. The van der Waals surface area contributed by atoms with Crippen molar-refractivity contribution in [1.82, 2.24) is 15.0 Å². The van der Waals surface area contributed by atoms with E-state index >= 15 is 0 Å². The summed E-state index contributed by atoms with van der Waals surface area (Å²) in [5.41, 5.74) is 0.780. The van der Waals surface area contributed by atoms with Crippen molar-refractivity contribution >= 4 is 17.6 Å². The molecule has 160 valence electrons. The quantitative estimate of drug-likeness (QED) is 0.438. The molecule has 0 fully saturated rings. The summed E-state index contributed by atoms with van der Waals surface area (Å²) in [6, 6.07) is 6.24. The van der Waals surface area contributed by atoms with Crippen LogP contribution in [0.15, 0.2) is 47.1 Å². The molecule has 2 N–H and O–H groups in total. The highest BCUT2D eigenvalue weighted by Gasteiger charge is 2.30. The number of aromatic nitrogens is 2. The number of nitrogens with one attached hydrogen (secondary N) is 1. The van der Waals surface area contributed by atoms with E-state index in [1.807, 2.05) is 13.8 Å². The van der Waals surface area contributed by atoms with Crippen molar-refractivity contribution in [2.45, 2.75) is 26.9 Å². The first-order chi connectivity index (χ1) is 14.1. The molecule has 0 saturated heterocycles. The van der Waals surface area contributed by atoms with Gasteiger partial charge in [0.25, 0.3) is 11.9 Å². The number of halogens is 3. The third kappa shape index (κ3) is 5.35. The van der Waals surface area contributed by atoms with Crippen LogP contribution in [-0.4, -0.2) is 33.2 Å². The third-order valence-corrected chi connectivity index (χ3v) is 3.83. The number of hydroxylamine groups is 2. The normalized spacial score (nSPS) is 10.8. The molecule has 3 aromatic rings. The average Bonchev–Trinajstić information content (AvgIpc) is 3.17. The van der Waals surface area contributed by atoms with Gasteiger partial charge in [0, 0.05) is 12.6 Å². The van der Waals surface area contributed by atoms with Crippen molar-refractivity contribution < 1.29 is 27.6 Å². The number of anilines is 2. The van der Waals surface area contributed by atoms with Crippen molar-refractivity contribution in [3.63, 3.8) is 0 Å². The zero-order valence-electron chi connectivity index (χ0n) is 16.8. The zero-order chi connectivity index (χ0) is 22.5. The molecule has 0 aliphatic rings. The zero-order valence-corrected chi connectivity index (χ0v) is 16.8. The Balaban J connectivity index is 0.00000155. The topological polar surface area (TPSA) is 91.5 Å². The van der Waals surface area contributed by atoms with Crippen molar-refractivity contribution in [3.8, 4) is 11.3 Å². The summed E-state index contributed by atoms with van der Waals surface area (Å²) in [7, 11) is 1.20. The van der Waals surface area contributed by atoms with Gasteiger partial charge in [-0.25, -0.2) is 15.0 Å². The van der Waals surface area contributed by atoms with E-state index < -0.39 is 17.6 Å². The molecule has 2 aromatic heterocycles. The molecular weight excluding hydrogens is 401 g/mol. The number of nitrogens with zero attached hydrogens (tertiary/aromatic N) is 3. The molecule has 3 rings (SSSR count). The molecule has 0 unspecified atom stereocenters. The molecule has 2 heterocycles. The minimum absolute atomic E-state index is 0.0911. The molecule has 1 amide bonds. The van der Waals surface area contributed by atoms with E-state index in [1.165, 1.54) is 31.6 Å². The number of hydrogen-bond acceptors (Lipinski definition) is 6. The number of carbonyl (C=O) groups is 1. The molecular formula is C20H21F3N4O3. The summed E-state index contributed by atoms with van der Waals surface area (Å²) < 4.78 is 43.4. The van der Waals surface area contributed by atoms with Gasteiger partial charge in [0.2, 0.25) is 0 Å². The van der Waals surface area contributed by atoms with Gasteiger partial charge in [-0.3, -0.25) is 10.0 Å². The molecule has 0 aliphatic heterocycles. The lowest BCUT2D eigenvalue weighted by molar-refractivity contribution is -0.137. The van der Waals surface area contributed by atoms with Gasteiger partial charge in [-0.15, -0.1) is 0 Å². The summed E-state index contributed by atoms with van der Waals surface area (Å²) in [6.45, 7) is 5.65. The van der Waals surface area contributed by atoms with Crippen molar-refractivity contribution in [2.75, 3.05) is 12.4 Å². The fourth-order valence-electron chi connectivity index (χ4n) is 2.43. The minimum Gasteiger partial charge on any atom is -0.423 e. The molecule has 0 aliphatic carbocycles. The number of pyridine rings is 1. The lowest BCUT2D eigenvalue weighted by Gasteiger charge is -2.10. The van der Waals surface area contributed by atoms with Crippen molar-refractivity contribution in [2.24, 2.45) is 0 Å². The Bertz CT molecular complexity index is 999. The predicted octanol–water partition coefficient (Wildman–Crippen LogP) is 5.29. The van der Waals surface area contributed by atoms with E-state index in [1.54, 1.807) is 13.0 Å². The summed E-state index contributed by atoms with van der Waals surface area (Å²) in [5, 5.41) is 12.5. The number of rotatable bonds is 4. The molecule has 1 aromatic carbocycles. The summed E-state index contributed by atoms with van der Waals surface area (Å²) in [5.74, 6) is -0.362. The van der Waals surface area contributed by atoms with Crippen LogP contribution in [-0.2, 0) is 6.18 Å². The third-order valence-electron chi connectivity index (χ3n) is 3.83. The van der Waals surface area contributed by atoms with Gasteiger partial charge in [0.05, 0.1) is 23.6 Å². The number of carbonyl (C=O) groups excluding carboxylic acids is 1. The van der Waals surface area contributed by atoms with Gasteiger partial charge in [0.1, 0.15) is 5.69 Å². The van der Waals surface area contributed by atoms with E-state index in [0.29, 0.717) is 21.9 Å². The standard InChI is InChI=1S/C18H15F3N4O3.C2H6/c1-10-7-13(8-22-15(10)16(26)25(2)27)24-17-23-9-14(28-17)11-3-5-12(6-4-11)18(19,20)21;1-2/h3-9,27H,1-2H3,(H,23,24);1-2H3. The summed E-state index contributed by atoms with van der Waals surface area (Å²) >= 11 is 0. The Labute approximate surface area is 171 Å². The van der Waals surface area contributed by atoms with Crippen LogP contribution in [0.3, 0.4) is 0 Å². The van der Waals surface area contributed by atoms with Crippen LogP contribution in [0.4, 0.5) is 24.9 Å². The van der Waals surface area contributed by atoms with Gasteiger partial charge < -0.3 is 9.73 Å². The second-order valence-corrected chi connectivity index (χ2v) is 5.95. The molecule has 0 saturated carbocycles. The Kier molecular flexibility index (Phi) is 7.17. The number of aryl methyl sites for hydroxylation is 1.